The highest BCUT2D eigenvalue weighted by molar-refractivity contribution is 7.99. The molecule has 0 spiro atoms. The monoisotopic (exact) mass is 192 g/mol. The molecule has 0 atom stereocenters. The Kier molecular flexibility index (Phi) is 2.54. The van der Waals surface area contributed by atoms with E-state index in [-0.39, 0.29) is 0 Å². The summed E-state index contributed by atoms with van der Waals surface area (Å²) in [4.78, 5) is 4.08. The van der Waals surface area contributed by atoms with E-state index in [2.05, 4.69) is 11.1 Å². The topological polar surface area (TPSA) is 38.9 Å². The summed E-state index contributed by atoms with van der Waals surface area (Å²) < 4.78 is 0. The van der Waals surface area contributed by atoms with Gasteiger partial charge in [0.15, 0.2) is 0 Å². The molecule has 0 saturated heterocycles. The second-order valence-corrected chi connectivity index (χ2v) is 4.18. The molecule has 0 aromatic carbocycles. The maximum absolute atomic E-state index is 5.52. The van der Waals surface area contributed by atoms with Gasteiger partial charge in [-0.3, -0.25) is 0 Å². The van der Waals surface area contributed by atoms with Crippen LogP contribution in [0.25, 0.3) is 5.57 Å². The first-order chi connectivity index (χ1) is 6.36. The van der Waals surface area contributed by atoms with E-state index in [9.17, 15) is 0 Å². The number of nitrogen functional groups attached to an aromatic ring is 1. The molecule has 1 aromatic rings. The number of hydrogen-bond donors (Lipinski definition) is 1. The van der Waals surface area contributed by atoms with Crippen molar-refractivity contribution in [3.63, 3.8) is 0 Å². The third-order valence-corrected chi connectivity index (χ3v) is 3.02. The van der Waals surface area contributed by atoms with E-state index in [1.54, 1.807) is 0 Å². The fourth-order valence-corrected chi connectivity index (χ4v) is 2.23. The van der Waals surface area contributed by atoms with Gasteiger partial charge in [-0.05, 0) is 35.4 Å². The summed E-state index contributed by atoms with van der Waals surface area (Å²) in [6, 6.07) is 3.90. The van der Waals surface area contributed by atoms with Crippen LogP contribution in [0.5, 0.6) is 0 Å². The maximum Gasteiger partial charge on any atom is 0.123 e. The third kappa shape index (κ3) is 2.04. The average Bonchev–Trinajstić information content (AvgIpc) is 2.20. The minimum Gasteiger partial charge on any atom is -0.384 e. The van der Waals surface area contributed by atoms with Crippen molar-refractivity contribution in [2.45, 2.75) is 6.42 Å². The van der Waals surface area contributed by atoms with Crippen LogP contribution >= 0.6 is 11.8 Å². The molecule has 68 valence electrons. The smallest absolute Gasteiger partial charge is 0.123 e. The van der Waals surface area contributed by atoms with Crippen LogP contribution in [0, 0.1) is 0 Å². The Bertz CT molecular complexity index is 316. The third-order valence-electron chi connectivity index (χ3n) is 2.12. The Hall–Kier alpha value is -0.960. The van der Waals surface area contributed by atoms with Gasteiger partial charge in [-0.1, -0.05) is 6.08 Å². The number of thioether (sulfide) groups is 1. The number of nitrogens with two attached hydrogens (primary N) is 1. The van der Waals surface area contributed by atoms with E-state index in [4.69, 9.17) is 5.73 Å². The largest absolute Gasteiger partial charge is 0.384 e. The first-order valence-corrected chi connectivity index (χ1v) is 5.50. The Labute approximate surface area is 82.2 Å². The van der Waals surface area contributed by atoms with Gasteiger partial charge < -0.3 is 5.73 Å². The summed E-state index contributed by atoms with van der Waals surface area (Å²) in [5.74, 6) is 2.94. The minimum atomic E-state index is 0.592. The van der Waals surface area contributed by atoms with Gasteiger partial charge in [0.25, 0.3) is 0 Å². The zero-order chi connectivity index (χ0) is 9.10. The van der Waals surface area contributed by atoms with E-state index in [0.29, 0.717) is 5.82 Å². The SMILES string of the molecule is Nc1ccc(C2=CCSCC2)cn1. The molecule has 2 heterocycles. The second kappa shape index (κ2) is 3.83. The molecule has 13 heavy (non-hydrogen) atoms. The van der Waals surface area contributed by atoms with Gasteiger partial charge in [0.1, 0.15) is 5.82 Å². The van der Waals surface area contributed by atoms with E-state index >= 15 is 0 Å². The molecular weight excluding hydrogens is 180 g/mol. The summed E-state index contributed by atoms with van der Waals surface area (Å²) in [5.41, 5.74) is 8.15. The van der Waals surface area contributed by atoms with Crippen molar-refractivity contribution in [3.05, 3.63) is 30.0 Å². The molecule has 0 radical (unpaired) electrons. The van der Waals surface area contributed by atoms with Crippen molar-refractivity contribution in [1.82, 2.24) is 4.98 Å². The number of aromatic nitrogens is 1. The number of anilines is 1. The van der Waals surface area contributed by atoms with Gasteiger partial charge in [0, 0.05) is 11.9 Å². The van der Waals surface area contributed by atoms with Crippen LogP contribution in [0.15, 0.2) is 24.4 Å². The molecule has 0 bridgehead atoms. The lowest BCUT2D eigenvalue weighted by atomic mass is 10.1. The summed E-state index contributed by atoms with van der Waals surface area (Å²) in [5, 5.41) is 0. The van der Waals surface area contributed by atoms with Crippen molar-refractivity contribution in [1.29, 1.82) is 0 Å². The van der Waals surface area contributed by atoms with E-state index in [0.717, 1.165) is 12.2 Å². The number of nitrogens with zero attached hydrogens (tertiary/aromatic N) is 1. The molecule has 0 aliphatic carbocycles. The second-order valence-electron chi connectivity index (χ2n) is 3.03. The Balaban J connectivity index is 2.24. The first-order valence-electron chi connectivity index (χ1n) is 4.35. The molecule has 0 saturated carbocycles. The van der Waals surface area contributed by atoms with Gasteiger partial charge in [-0.2, -0.15) is 11.8 Å². The van der Waals surface area contributed by atoms with E-state index in [1.165, 1.54) is 16.9 Å². The molecule has 1 aliphatic rings. The number of pyridine rings is 1. The molecule has 2 N–H and O–H groups in total. The molecule has 2 rings (SSSR count). The van der Waals surface area contributed by atoms with Crippen LogP contribution in [0.1, 0.15) is 12.0 Å². The van der Waals surface area contributed by atoms with Gasteiger partial charge in [0.2, 0.25) is 0 Å². The number of rotatable bonds is 1. The number of allylic oxidation sites excluding steroid dienone is 1. The summed E-state index contributed by atoms with van der Waals surface area (Å²) in [6.07, 6.45) is 5.29. The van der Waals surface area contributed by atoms with Gasteiger partial charge in [-0.25, -0.2) is 4.98 Å². The molecule has 0 fully saturated rings. The molecule has 2 nitrogen and oxygen atoms in total. The van der Waals surface area contributed by atoms with Crippen molar-refractivity contribution in [3.8, 4) is 0 Å². The molecule has 1 aromatic heterocycles. The van der Waals surface area contributed by atoms with Crippen LogP contribution in [0.4, 0.5) is 5.82 Å². The zero-order valence-electron chi connectivity index (χ0n) is 7.36. The molecule has 3 heteroatoms. The quantitative estimate of drug-likeness (QED) is 0.741. The van der Waals surface area contributed by atoms with Gasteiger partial charge in [0.05, 0.1) is 0 Å². The summed E-state index contributed by atoms with van der Waals surface area (Å²) in [7, 11) is 0. The first kappa shape index (κ1) is 8.63. The molecule has 0 unspecified atom stereocenters. The fourth-order valence-electron chi connectivity index (χ4n) is 1.38. The zero-order valence-corrected chi connectivity index (χ0v) is 8.18. The summed E-state index contributed by atoms with van der Waals surface area (Å²) in [6.45, 7) is 0. The van der Waals surface area contributed by atoms with Crippen LogP contribution in [-0.4, -0.2) is 16.5 Å². The predicted molar refractivity (Wildman–Crippen MR) is 58.6 cm³/mol. The highest BCUT2D eigenvalue weighted by Crippen LogP contribution is 2.25. The van der Waals surface area contributed by atoms with Gasteiger partial charge in [-0.15, -0.1) is 0 Å². The highest BCUT2D eigenvalue weighted by Gasteiger charge is 2.05. The molecule has 1 aliphatic heterocycles. The van der Waals surface area contributed by atoms with Crippen molar-refractivity contribution in [2.75, 3.05) is 17.2 Å². The Morgan fingerprint density at radius 1 is 1.38 bits per heavy atom. The Morgan fingerprint density at radius 2 is 2.31 bits per heavy atom. The van der Waals surface area contributed by atoms with Crippen LogP contribution in [0.3, 0.4) is 0 Å². The van der Waals surface area contributed by atoms with Crippen LogP contribution < -0.4 is 5.73 Å². The van der Waals surface area contributed by atoms with E-state index < -0.39 is 0 Å². The predicted octanol–water partition coefficient (Wildman–Crippen LogP) is 2.18. The van der Waals surface area contributed by atoms with E-state index in [1.807, 2.05) is 30.1 Å². The van der Waals surface area contributed by atoms with Crippen LogP contribution in [-0.2, 0) is 0 Å². The van der Waals surface area contributed by atoms with Crippen molar-refractivity contribution < 1.29 is 0 Å². The normalized spacial score (nSPS) is 16.8. The molecular formula is C10H12N2S. The summed E-state index contributed by atoms with van der Waals surface area (Å²) >= 11 is 1.97. The van der Waals surface area contributed by atoms with Gasteiger partial charge >= 0.3 is 0 Å². The number of hydrogen-bond acceptors (Lipinski definition) is 3. The fraction of sp³-hybridized carbons (Fsp3) is 0.300. The standard InChI is InChI=1S/C10H12N2S/c11-10-2-1-9(7-12-10)8-3-5-13-6-4-8/h1-3,7H,4-6H2,(H2,11,12). The lowest BCUT2D eigenvalue weighted by Gasteiger charge is -2.12. The highest BCUT2D eigenvalue weighted by atomic mass is 32.2. The molecule has 0 amide bonds. The van der Waals surface area contributed by atoms with Crippen LogP contribution in [0.2, 0.25) is 0 Å². The maximum atomic E-state index is 5.52. The Morgan fingerprint density at radius 3 is 2.92 bits per heavy atom. The lowest BCUT2D eigenvalue weighted by Crippen LogP contribution is -1.97. The average molecular weight is 192 g/mol. The minimum absolute atomic E-state index is 0.592. The lowest BCUT2D eigenvalue weighted by molar-refractivity contribution is 1.21. The van der Waals surface area contributed by atoms with Crippen molar-refractivity contribution >= 4 is 23.2 Å². The van der Waals surface area contributed by atoms with Crippen molar-refractivity contribution in [2.24, 2.45) is 0 Å².